The molecule has 0 saturated carbocycles. The molecule has 4 aromatic rings. The Morgan fingerprint density at radius 1 is 0.907 bits per heavy atom. The molecule has 0 spiro atoms. The van der Waals surface area contributed by atoms with E-state index in [2.05, 4.69) is 4.90 Å². The fourth-order valence-corrected chi connectivity index (χ4v) is 6.59. The van der Waals surface area contributed by atoms with Gasteiger partial charge in [-0.25, -0.2) is 9.18 Å². The predicted molar refractivity (Wildman–Crippen MR) is 156 cm³/mol. The number of methoxy groups -OCH3 is 1. The molecule has 0 aliphatic carbocycles. The van der Waals surface area contributed by atoms with Crippen molar-refractivity contribution in [1.82, 2.24) is 14.0 Å². The van der Waals surface area contributed by atoms with Crippen molar-refractivity contribution in [2.45, 2.75) is 50.7 Å². The van der Waals surface area contributed by atoms with E-state index < -0.39 is 17.4 Å². The summed E-state index contributed by atoms with van der Waals surface area (Å²) in [4.78, 5) is 18.2. The number of hydrogen-bond donors (Lipinski definition) is 1. The van der Waals surface area contributed by atoms with Gasteiger partial charge >= 0.3 is 11.9 Å². The number of hydrogen-bond acceptors (Lipinski definition) is 5. The largest absolute Gasteiger partial charge is 0.494 e. The topological polar surface area (TPSA) is 62.9 Å². The van der Waals surface area contributed by atoms with Crippen LogP contribution in [-0.4, -0.2) is 58.5 Å². The van der Waals surface area contributed by atoms with Gasteiger partial charge in [-0.3, -0.25) is 14.0 Å². The molecule has 1 aromatic heterocycles. The van der Waals surface area contributed by atoms with Crippen molar-refractivity contribution in [1.29, 1.82) is 0 Å². The molecule has 6 rings (SSSR count). The van der Waals surface area contributed by atoms with Gasteiger partial charge in [0, 0.05) is 32.7 Å². The molecule has 43 heavy (non-hydrogen) atoms. The summed E-state index contributed by atoms with van der Waals surface area (Å²) in [6, 6.07) is 15.2. The Morgan fingerprint density at radius 3 is 2.37 bits per heavy atom. The third-order valence-corrected chi connectivity index (χ3v) is 8.68. The first-order valence-electron chi connectivity index (χ1n) is 14.5. The minimum Gasteiger partial charge on any atom is -0.494 e. The van der Waals surface area contributed by atoms with Gasteiger partial charge in [-0.05, 0) is 54.7 Å². The molecule has 1 N–H and O–H groups in total. The van der Waals surface area contributed by atoms with Gasteiger partial charge in [0.05, 0.1) is 42.6 Å². The summed E-state index contributed by atoms with van der Waals surface area (Å²) in [6.45, 7) is 2.61. The first-order valence-corrected chi connectivity index (χ1v) is 14.5. The average molecular weight is 599 g/mol. The first-order chi connectivity index (χ1) is 20.7. The number of fused-ring (bicyclic) bond motifs is 1. The number of aliphatic hydroxyl groups excluding tert-OH is 1. The second-order valence-electron chi connectivity index (χ2n) is 11.4. The van der Waals surface area contributed by atoms with Crippen molar-refractivity contribution < 1.29 is 27.4 Å². The fourth-order valence-electron chi connectivity index (χ4n) is 6.59. The molecule has 2 aliphatic heterocycles. The Balaban J connectivity index is 1.35. The Labute approximate surface area is 246 Å². The number of imidazole rings is 1. The number of likely N-dealkylation sites (tertiary alicyclic amines) is 1. The van der Waals surface area contributed by atoms with E-state index in [0.717, 1.165) is 24.7 Å². The molecule has 3 heterocycles. The number of nitrogens with zero attached hydrogens (tertiary/aromatic N) is 4. The van der Waals surface area contributed by atoms with Crippen molar-refractivity contribution in [3.63, 3.8) is 0 Å². The van der Waals surface area contributed by atoms with E-state index >= 15 is 4.39 Å². The molecule has 0 unspecified atom stereocenters. The number of aromatic nitrogens is 2. The van der Waals surface area contributed by atoms with Gasteiger partial charge in [0.25, 0.3) is 0 Å². The second kappa shape index (κ2) is 11.7. The maximum atomic E-state index is 15.4. The molecule has 3 aromatic carbocycles. The number of alkyl halides is 3. The highest BCUT2D eigenvalue weighted by Gasteiger charge is 2.35. The SMILES string of the molecule is COc1cccc2c1n(Cc1ccccc1C(F)(F)F)c(=O)n2[C@@H]1CCN(c2c(F)cccc2CN2CCC(O)CC2)C1. The Kier molecular flexibility index (Phi) is 7.95. The molecule has 2 aliphatic rings. The minimum absolute atomic E-state index is 0.0173. The lowest BCUT2D eigenvalue weighted by Crippen LogP contribution is -2.36. The number of piperidine rings is 1. The average Bonchev–Trinajstić information content (AvgIpc) is 3.56. The van der Waals surface area contributed by atoms with Gasteiger partial charge in [-0.2, -0.15) is 13.2 Å². The highest BCUT2D eigenvalue weighted by atomic mass is 19.4. The van der Waals surface area contributed by atoms with E-state index in [9.17, 15) is 23.1 Å². The molecule has 0 radical (unpaired) electrons. The number of halogens is 4. The van der Waals surface area contributed by atoms with Crippen LogP contribution >= 0.6 is 0 Å². The Morgan fingerprint density at radius 2 is 1.63 bits per heavy atom. The summed E-state index contributed by atoms with van der Waals surface area (Å²) in [5.74, 6) is 0.0473. The molecule has 1 atom stereocenters. The highest BCUT2D eigenvalue weighted by Crippen LogP contribution is 2.36. The van der Waals surface area contributed by atoms with Crippen LogP contribution in [0.3, 0.4) is 0 Å². The lowest BCUT2D eigenvalue weighted by atomic mass is 10.1. The molecular formula is C32H34F4N4O3. The van der Waals surface area contributed by atoms with Crippen molar-refractivity contribution in [3.8, 4) is 5.75 Å². The zero-order valence-corrected chi connectivity index (χ0v) is 23.9. The summed E-state index contributed by atoms with van der Waals surface area (Å²) >= 11 is 0. The summed E-state index contributed by atoms with van der Waals surface area (Å²) in [7, 11) is 1.46. The quantitative estimate of drug-likeness (QED) is 0.288. The Hall–Kier alpha value is -3.83. The van der Waals surface area contributed by atoms with Gasteiger partial charge in [-0.15, -0.1) is 0 Å². The standard InChI is InChI=1S/C32H34F4N4O3/c1-43-28-11-5-10-27-30(28)39(19-21-6-2-3-8-25(21)32(34,35)36)31(42)40(27)23-12-17-38(20-23)29-22(7-4-9-26(29)33)18-37-15-13-24(41)14-16-37/h2-11,23-24,41H,12-20H2,1H3/t23-/m1/s1. The number of aliphatic hydroxyl groups is 1. The fraction of sp³-hybridized carbons (Fsp3) is 0.406. The number of para-hydroxylation sites is 2. The number of ether oxygens (including phenoxy) is 1. The number of anilines is 1. The summed E-state index contributed by atoms with van der Waals surface area (Å²) in [5.41, 5.74) is 1.08. The smallest absolute Gasteiger partial charge is 0.416 e. The third-order valence-electron chi connectivity index (χ3n) is 8.68. The Bertz CT molecular complexity index is 1670. The van der Waals surface area contributed by atoms with Crippen LogP contribution < -0.4 is 15.3 Å². The zero-order chi connectivity index (χ0) is 30.3. The molecule has 228 valence electrons. The molecule has 2 saturated heterocycles. The monoisotopic (exact) mass is 598 g/mol. The first kappa shape index (κ1) is 29.3. The predicted octanol–water partition coefficient (Wildman–Crippen LogP) is 5.43. The minimum atomic E-state index is -4.57. The molecule has 0 amide bonds. The maximum absolute atomic E-state index is 15.4. The van der Waals surface area contributed by atoms with E-state index in [1.54, 1.807) is 28.8 Å². The maximum Gasteiger partial charge on any atom is 0.416 e. The van der Waals surface area contributed by atoms with Crippen molar-refractivity contribution in [2.75, 3.05) is 38.2 Å². The molecule has 0 bridgehead atoms. The van der Waals surface area contributed by atoms with Crippen LogP contribution in [0, 0.1) is 5.82 Å². The van der Waals surface area contributed by atoms with Crippen molar-refractivity contribution >= 4 is 16.7 Å². The van der Waals surface area contributed by atoms with Gasteiger partial charge in [0.1, 0.15) is 17.1 Å². The van der Waals surface area contributed by atoms with Gasteiger partial charge in [0.2, 0.25) is 0 Å². The second-order valence-corrected chi connectivity index (χ2v) is 11.4. The van der Waals surface area contributed by atoms with Gasteiger partial charge in [-0.1, -0.05) is 36.4 Å². The van der Waals surface area contributed by atoms with Crippen LogP contribution in [0.4, 0.5) is 23.2 Å². The van der Waals surface area contributed by atoms with E-state index in [4.69, 9.17) is 4.74 Å². The summed E-state index contributed by atoms with van der Waals surface area (Å²) < 4.78 is 65.4. The van der Waals surface area contributed by atoms with E-state index in [-0.39, 0.29) is 30.1 Å². The lowest BCUT2D eigenvalue weighted by Gasteiger charge is -2.31. The van der Waals surface area contributed by atoms with Crippen LogP contribution in [-0.2, 0) is 19.3 Å². The normalized spacial score (nSPS) is 18.6. The van der Waals surface area contributed by atoms with Crippen LogP contribution in [0.15, 0.2) is 65.5 Å². The molecular weight excluding hydrogens is 564 g/mol. The number of benzene rings is 3. The molecule has 2 fully saturated rings. The highest BCUT2D eigenvalue weighted by molar-refractivity contribution is 5.83. The van der Waals surface area contributed by atoms with Crippen LogP contribution in [0.5, 0.6) is 5.75 Å². The lowest BCUT2D eigenvalue weighted by molar-refractivity contribution is -0.138. The van der Waals surface area contributed by atoms with Crippen molar-refractivity contribution in [2.24, 2.45) is 0 Å². The van der Waals surface area contributed by atoms with E-state index in [1.807, 2.05) is 11.0 Å². The third kappa shape index (κ3) is 5.63. The zero-order valence-electron chi connectivity index (χ0n) is 23.9. The van der Waals surface area contributed by atoms with E-state index in [0.29, 0.717) is 61.4 Å². The number of rotatable bonds is 7. The summed E-state index contributed by atoms with van der Waals surface area (Å²) in [6.07, 6.45) is -2.96. The van der Waals surface area contributed by atoms with Crippen LogP contribution in [0.25, 0.3) is 11.0 Å². The molecule has 11 heteroatoms. The summed E-state index contributed by atoms with van der Waals surface area (Å²) in [5, 5.41) is 9.88. The van der Waals surface area contributed by atoms with Gasteiger partial charge < -0.3 is 14.7 Å². The molecule has 7 nitrogen and oxygen atoms in total. The van der Waals surface area contributed by atoms with Crippen LogP contribution in [0.1, 0.15) is 42.0 Å². The van der Waals surface area contributed by atoms with Gasteiger partial charge in [0.15, 0.2) is 0 Å². The van der Waals surface area contributed by atoms with E-state index in [1.165, 1.54) is 35.9 Å². The van der Waals surface area contributed by atoms with Crippen LogP contribution in [0.2, 0.25) is 0 Å². The van der Waals surface area contributed by atoms with Crippen molar-refractivity contribution in [3.05, 3.63) is 93.7 Å².